The van der Waals surface area contributed by atoms with E-state index in [0.717, 1.165) is 6.07 Å². The first-order valence-corrected chi connectivity index (χ1v) is 7.68. The van der Waals surface area contributed by atoms with Crippen molar-refractivity contribution in [2.45, 2.75) is 18.1 Å². The van der Waals surface area contributed by atoms with Crippen molar-refractivity contribution in [2.75, 3.05) is 17.8 Å². The third-order valence-electron chi connectivity index (χ3n) is 3.24. The minimum atomic E-state index is -3.64. The number of nitrogens with one attached hydrogen (secondary N) is 1. The van der Waals surface area contributed by atoms with Crippen LogP contribution in [0.2, 0.25) is 0 Å². The SMILES string of the molecule is O=C(O)N1CCC(S(=O)(=O)Nc2cccc(F)c2)CC1. The van der Waals surface area contributed by atoms with Crippen LogP contribution >= 0.6 is 0 Å². The quantitative estimate of drug-likeness (QED) is 0.890. The van der Waals surface area contributed by atoms with Crippen LogP contribution in [0.15, 0.2) is 24.3 Å². The monoisotopic (exact) mass is 302 g/mol. The minimum Gasteiger partial charge on any atom is -0.465 e. The third kappa shape index (κ3) is 3.38. The molecule has 1 aromatic rings. The molecule has 0 aromatic heterocycles. The van der Waals surface area contributed by atoms with Gasteiger partial charge in [0, 0.05) is 13.1 Å². The van der Waals surface area contributed by atoms with Crippen molar-refractivity contribution in [2.24, 2.45) is 0 Å². The van der Waals surface area contributed by atoms with Crippen LogP contribution in [0.4, 0.5) is 14.9 Å². The van der Waals surface area contributed by atoms with Crippen LogP contribution in [0, 0.1) is 5.82 Å². The van der Waals surface area contributed by atoms with Crippen molar-refractivity contribution < 1.29 is 22.7 Å². The Morgan fingerprint density at radius 2 is 2.00 bits per heavy atom. The fraction of sp³-hybridized carbons (Fsp3) is 0.417. The lowest BCUT2D eigenvalue weighted by molar-refractivity contribution is 0.136. The molecule has 1 aromatic carbocycles. The molecule has 0 bridgehead atoms. The molecule has 20 heavy (non-hydrogen) atoms. The summed E-state index contributed by atoms with van der Waals surface area (Å²) < 4.78 is 39.6. The fourth-order valence-electron chi connectivity index (χ4n) is 2.16. The normalized spacial score (nSPS) is 16.9. The number of likely N-dealkylation sites (tertiary alicyclic amines) is 1. The summed E-state index contributed by atoms with van der Waals surface area (Å²) in [5.41, 5.74) is 0.172. The van der Waals surface area contributed by atoms with Gasteiger partial charge in [-0.2, -0.15) is 0 Å². The zero-order chi connectivity index (χ0) is 14.8. The molecular weight excluding hydrogens is 287 g/mol. The van der Waals surface area contributed by atoms with E-state index in [-0.39, 0.29) is 31.6 Å². The molecule has 8 heteroatoms. The Morgan fingerprint density at radius 3 is 2.55 bits per heavy atom. The lowest BCUT2D eigenvalue weighted by Gasteiger charge is -2.29. The van der Waals surface area contributed by atoms with Gasteiger partial charge in [0.25, 0.3) is 0 Å². The number of sulfonamides is 1. The maximum absolute atomic E-state index is 13.0. The summed E-state index contributed by atoms with van der Waals surface area (Å²) in [6, 6.07) is 5.21. The number of benzene rings is 1. The van der Waals surface area contributed by atoms with Gasteiger partial charge in [-0.3, -0.25) is 4.72 Å². The zero-order valence-electron chi connectivity index (χ0n) is 10.6. The van der Waals surface area contributed by atoms with Crippen LogP contribution in [-0.4, -0.2) is 42.9 Å². The molecule has 1 amide bonds. The molecule has 0 unspecified atom stereocenters. The first-order chi connectivity index (χ1) is 9.38. The molecule has 2 N–H and O–H groups in total. The number of hydrogen-bond acceptors (Lipinski definition) is 3. The highest BCUT2D eigenvalue weighted by molar-refractivity contribution is 7.93. The first kappa shape index (κ1) is 14.6. The molecule has 1 heterocycles. The van der Waals surface area contributed by atoms with Gasteiger partial charge in [-0.25, -0.2) is 17.6 Å². The van der Waals surface area contributed by atoms with Crippen molar-refractivity contribution in [3.8, 4) is 0 Å². The second kappa shape index (κ2) is 5.66. The summed E-state index contributed by atoms with van der Waals surface area (Å²) in [7, 11) is -3.64. The average Bonchev–Trinajstić information content (AvgIpc) is 2.38. The standard InChI is InChI=1S/C12H15FN2O4S/c13-9-2-1-3-10(8-9)14-20(18,19)11-4-6-15(7-5-11)12(16)17/h1-3,8,11,14H,4-7H2,(H,16,17). The molecule has 1 aliphatic rings. The van der Waals surface area contributed by atoms with Gasteiger partial charge in [0.2, 0.25) is 10.0 Å². The van der Waals surface area contributed by atoms with Crippen molar-refractivity contribution in [3.63, 3.8) is 0 Å². The van der Waals surface area contributed by atoms with Crippen LogP contribution in [0.3, 0.4) is 0 Å². The number of amides is 1. The molecule has 110 valence electrons. The van der Waals surface area contributed by atoms with E-state index in [1.54, 1.807) is 0 Å². The Labute approximate surface area is 116 Å². The smallest absolute Gasteiger partial charge is 0.407 e. The second-order valence-corrected chi connectivity index (χ2v) is 6.59. The number of rotatable bonds is 3. The van der Waals surface area contributed by atoms with Gasteiger partial charge < -0.3 is 10.0 Å². The average molecular weight is 302 g/mol. The zero-order valence-corrected chi connectivity index (χ0v) is 11.4. The molecular formula is C12H15FN2O4S. The topological polar surface area (TPSA) is 86.7 Å². The molecule has 1 aliphatic heterocycles. The van der Waals surface area contributed by atoms with E-state index in [4.69, 9.17) is 5.11 Å². The van der Waals surface area contributed by atoms with Crippen LogP contribution in [0.1, 0.15) is 12.8 Å². The maximum atomic E-state index is 13.0. The summed E-state index contributed by atoms with van der Waals surface area (Å²) in [6.07, 6.45) is -0.576. The minimum absolute atomic E-state index is 0.172. The predicted octanol–water partition coefficient (Wildman–Crippen LogP) is 1.71. The van der Waals surface area contributed by atoms with Crippen molar-refractivity contribution in [1.82, 2.24) is 4.90 Å². The number of carboxylic acid groups (broad SMARTS) is 1. The molecule has 1 fully saturated rings. The van der Waals surface area contributed by atoms with E-state index in [0.29, 0.717) is 0 Å². The number of halogens is 1. The lowest BCUT2D eigenvalue weighted by Crippen LogP contribution is -2.43. The molecule has 0 aliphatic carbocycles. The van der Waals surface area contributed by atoms with Crippen LogP contribution in [-0.2, 0) is 10.0 Å². The lowest BCUT2D eigenvalue weighted by atomic mass is 10.1. The van der Waals surface area contributed by atoms with Crippen LogP contribution in [0.25, 0.3) is 0 Å². The van der Waals surface area contributed by atoms with Gasteiger partial charge >= 0.3 is 6.09 Å². The number of carbonyl (C=O) groups is 1. The fourth-order valence-corrected chi connectivity index (χ4v) is 3.61. The van der Waals surface area contributed by atoms with Gasteiger partial charge in [-0.05, 0) is 31.0 Å². The van der Waals surface area contributed by atoms with E-state index in [1.807, 2.05) is 0 Å². The van der Waals surface area contributed by atoms with Crippen molar-refractivity contribution in [3.05, 3.63) is 30.1 Å². The number of anilines is 1. The molecule has 0 radical (unpaired) electrons. The first-order valence-electron chi connectivity index (χ1n) is 6.13. The maximum Gasteiger partial charge on any atom is 0.407 e. The second-order valence-electron chi connectivity index (χ2n) is 4.63. The summed E-state index contributed by atoms with van der Waals surface area (Å²) in [5, 5.41) is 8.15. The van der Waals surface area contributed by atoms with E-state index < -0.39 is 27.2 Å². The molecule has 0 saturated carbocycles. The van der Waals surface area contributed by atoms with Gasteiger partial charge in [0.05, 0.1) is 10.9 Å². The molecule has 0 atom stereocenters. The Balaban J connectivity index is 2.03. The molecule has 0 spiro atoms. The predicted molar refractivity (Wildman–Crippen MR) is 71.6 cm³/mol. The Hall–Kier alpha value is -1.83. The Kier molecular flexibility index (Phi) is 4.12. The third-order valence-corrected chi connectivity index (χ3v) is 5.11. The Bertz CT molecular complexity index is 597. The molecule has 2 rings (SSSR count). The number of hydrogen-bond donors (Lipinski definition) is 2. The molecule has 1 saturated heterocycles. The van der Waals surface area contributed by atoms with Crippen LogP contribution < -0.4 is 4.72 Å². The van der Waals surface area contributed by atoms with E-state index in [2.05, 4.69) is 4.72 Å². The summed E-state index contributed by atoms with van der Waals surface area (Å²) in [6.45, 7) is 0.369. The van der Waals surface area contributed by atoms with Gasteiger partial charge in [0.15, 0.2) is 0 Å². The highest BCUT2D eigenvalue weighted by Crippen LogP contribution is 2.21. The van der Waals surface area contributed by atoms with E-state index in [1.165, 1.54) is 23.1 Å². The Morgan fingerprint density at radius 1 is 1.35 bits per heavy atom. The van der Waals surface area contributed by atoms with Crippen molar-refractivity contribution >= 4 is 21.8 Å². The van der Waals surface area contributed by atoms with E-state index in [9.17, 15) is 17.6 Å². The van der Waals surface area contributed by atoms with Gasteiger partial charge in [-0.15, -0.1) is 0 Å². The number of piperidine rings is 1. The highest BCUT2D eigenvalue weighted by Gasteiger charge is 2.31. The largest absolute Gasteiger partial charge is 0.465 e. The summed E-state index contributed by atoms with van der Waals surface area (Å²) in [5.74, 6) is -0.522. The van der Waals surface area contributed by atoms with Gasteiger partial charge in [-0.1, -0.05) is 6.07 Å². The van der Waals surface area contributed by atoms with Gasteiger partial charge in [0.1, 0.15) is 5.82 Å². The molecule has 6 nitrogen and oxygen atoms in total. The van der Waals surface area contributed by atoms with E-state index >= 15 is 0 Å². The van der Waals surface area contributed by atoms with Crippen LogP contribution in [0.5, 0.6) is 0 Å². The van der Waals surface area contributed by atoms with Crippen molar-refractivity contribution in [1.29, 1.82) is 0 Å². The summed E-state index contributed by atoms with van der Waals surface area (Å²) in [4.78, 5) is 11.9. The highest BCUT2D eigenvalue weighted by atomic mass is 32.2. The summed E-state index contributed by atoms with van der Waals surface area (Å²) >= 11 is 0. The number of nitrogens with zero attached hydrogens (tertiary/aromatic N) is 1.